The van der Waals surface area contributed by atoms with Crippen LogP contribution in [0.2, 0.25) is 0 Å². The molecule has 3 nitrogen and oxygen atoms in total. The van der Waals surface area contributed by atoms with Gasteiger partial charge in [0.2, 0.25) is 0 Å². The van der Waals surface area contributed by atoms with Gasteiger partial charge in [-0.25, -0.2) is 4.98 Å². The average Bonchev–Trinajstić information content (AvgIpc) is 2.77. The Kier molecular flexibility index (Phi) is 4.54. The fourth-order valence-electron chi connectivity index (χ4n) is 2.07. The second-order valence-corrected chi connectivity index (χ2v) is 5.96. The molecule has 1 aliphatic rings. The number of aliphatic hydroxyl groups excluding tert-OH is 1. The second-order valence-electron chi connectivity index (χ2n) is 5.07. The van der Waals surface area contributed by atoms with Crippen LogP contribution in [0.4, 0.5) is 0 Å². The minimum absolute atomic E-state index is 0.110. The van der Waals surface area contributed by atoms with E-state index < -0.39 is 0 Å². The van der Waals surface area contributed by atoms with Crippen molar-refractivity contribution >= 4 is 11.3 Å². The van der Waals surface area contributed by atoms with Crippen molar-refractivity contribution in [2.24, 2.45) is 0 Å². The van der Waals surface area contributed by atoms with Gasteiger partial charge in [-0.1, -0.05) is 13.8 Å². The molecular formula is C13H21NO2S. The SMILES string of the molecule is CC(C)c1nc(COC2CCC(O)CC2)cs1. The molecule has 1 N–H and O–H groups in total. The Hall–Kier alpha value is -0.450. The molecule has 0 aromatic carbocycles. The molecule has 1 aliphatic carbocycles. The van der Waals surface area contributed by atoms with Crippen molar-refractivity contribution in [2.75, 3.05) is 0 Å². The molecule has 2 rings (SSSR count). The lowest BCUT2D eigenvalue weighted by Gasteiger charge is -2.25. The van der Waals surface area contributed by atoms with Crippen LogP contribution in [0.15, 0.2) is 5.38 Å². The molecule has 0 amide bonds. The summed E-state index contributed by atoms with van der Waals surface area (Å²) >= 11 is 1.71. The monoisotopic (exact) mass is 255 g/mol. The van der Waals surface area contributed by atoms with E-state index in [2.05, 4.69) is 24.2 Å². The van der Waals surface area contributed by atoms with Crippen molar-refractivity contribution < 1.29 is 9.84 Å². The Morgan fingerprint density at radius 1 is 1.41 bits per heavy atom. The maximum atomic E-state index is 9.41. The molecule has 1 aromatic heterocycles. The number of aliphatic hydroxyl groups is 1. The third-order valence-electron chi connectivity index (χ3n) is 3.17. The van der Waals surface area contributed by atoms with Gasteiger partial charge in [-0.2, -0.15) is 0 Å². The summed E-state index contributed by atoms with van der Waals surface area (Å²) in [6.45, 7) is 4.93. The van der Waals surface area contributed by atoms with E-state index in [-0.39, 0.29) is 6.10 Å². The number of hydrogen-bond donors (Lipinski definition) is 1. The summed E-state index contributed by atoms with van der Waals surface area (Å²) in [5, 5.41) is 12.7. The molecule has 1 fully saturated rings. The van der Waals surface area contributed by atoms with E-state index in [1.54, 1.807) is 11.3 Å². The zero-order valence-corrected chi connectivity index (χ0v) is 11.4. The van der Waals surface area contributed by atoms with Gasteiger partial charge in [-0.05, 0) is 25.7 Å². The molecule has 1 saturated carbocycles. The minimum atomic E-state index is -0.110. The molecule has 0 spiro atoms. The smallest absolute Gasteiger partial charge is 0.0954 e. The summed E-state index contributed by atoms with van der Waals surface area (Å²) in [6.07, 6.45) is 3.90. The lowest BCUT2D eigenvalue weighted by atomic mass is 9.95. The van der Waals surface area contributed by atoms with Crippen LogP contribution in [-0.2, 0) is 11.3 Å². The first-order valence-corrected chi connectivity index (χ1v) is 7.27. The molecule has 17 heavy (non-hydrogen) atoms. The van der Waals surface area contributed by atoms with Crippen molar-refractivity contribution in [1.29, 1.82) is 0 Å². The first-order chi connectivity index (χ1) is 8.15. The van der Waals surface area contributed by atoms with Crippen LogP contribution in [0.25, 0.3) is 0 Å². The highest BCUT2D eigenvalue weighted by Gasteiger charge is 2.20. The molecule has 1 aromatic rings. The van der Waals surface area contributed by atoms with Gasteiger partial charge in [0.1, 0.15) is 0 Å². The van der Waals surface area contributed by atoms with Gasteiger partial charge in [-0.3, -0.25) is 0 Å². The van der Waals surface area contributed by atoms with Crippen LogP contribution >= 0.6 is 11.3 Å². The third kappa shape index (κ3) is 3.76. The second kappa shape index (κ2) is 5.94. The van der Waals surface area contributed by atoms with Crippen molar-refractivity contribution in [3.05, 3.63) is 16.1 Å². The zero-order valence-electron chi connectivity index (χ0n) is 10.6. The van der Waals surface area contributed by atoms with Gasteiger partial charge in [0, 0.05) is 11.3 Å². The van der Waals surface area contributed by atoms with Gasteiger partial charge < -0.3 is 9.84 Å². The van der Waals surface area contributed by atoms with Crippen LogP contribution in [-0.4, -0.2) is 22.3 Å². The largest absolute Gasteiger partial charge is 0.393 e. The van der Waals surface area contributed by atoms with Crippen LogP contribution in [0.3, 0.4) is 0 Å². The van der Waals surface area contributed by atoms with Gasteiger partial charge in [0.25, 0.3) is 0 Å². The van der Waals surface area contributed by atoms with E-state index in [4.69, 9.17) is 4.74 Å². The molecule has 0 saturated heterocycles. The quantitative estimate of drug-likeness (QED) is 0.899. The predicted molar refractivity (Wildman–Crippen MR) is 69.3 cm³/mol. The van der Waals surface area contributed by atoms with Gasteiger partial charge >= 0.3 is 0 Å². The summed E-state index contributed by atoms with van der Waals surface area (Å²) in [4.78, 5) is 4.55. The molecular weight excluding hydrogens is 234 g/mol. The number of ether oxygens (including phenoxy) is 1. The van der Waals surface area contributed by atoms with Crippen LogP contribution in [0, 0.1) is 0 Å². The molecule has 0 unspecified atom stereocenters. The Morgan fingerprint density at radius 3 is 2.71 bits per heavy atom. The minimum Gasteiger partial charge on any atom is -0.393 e. The molecule has 96 valence electrons. The standard InChI is InChI=1S/C13H21NO2S/c1-9(2)13-14-10(8-17-13)7-16-12-5-3-11(15)4-6-12/h8-9,11-12,15H,3-7H2,1-2H3. The average molecular weight is 255 g/mol. The molecule has 0 aliphatic heterocycles. The fraction of sp³-hybridized carbons (Fsp3) is 0.769. The summed E-state index contributed by atoms with van der Waals surface area (Å²) in [5.41, 5.74) is 1.05. The first kappa shape index (κ1) is 13.0. The molecule has 0 atom stereocenters. The van der Waals surface area contributed by atoms with Crippen LogP contribution in [0.5, 0.6) is 0 Å². The molecule has 0 radical (unpaired) electrons. The highest BCUT2D eigenvalue weighted by molar-refractivity contribution is 7.09. The zero-order chi connectivity index (χ0) is 12.3. The maximum Gasteiger partial charge on any atom is 0.0954 e. The van der Waals surface area contributed by atoms with Gasteiger partial charge in [-0.15, -0.1) is 11.3 Å². The highest BCUT2D eigenvalue weighted by Crippen LogP contribution is 2.23. The van der Waals surface area contributed by atoms with E-state index in [1.165, 1.54) is 5.01 Å². The molecule has 0 bridgehead atoms. The van der Waals surface area contributed by atoms with Crippen LogP contribution < -0.4 is 0 Å². The highest BCUT2D eigenvalue weighted by atomic mass is 32.1. The van der Waals surface area contributed by atoms with Crippen molar-refractivity contribution in [3.8, 4) is 0 Å². The maximum absolute atomic E-state index is 9.41. The fourth-order valence-corrected chi connectivity index (χ4v) is 2.89. The summed E-state index contributed by atoms with van der Waals surface area (Å²) in [7, 11) is 0. The lowest BCUT2D eigenvalue weighted by molar-refractivity contribution is -0.0128. The predicted octanol–water partition coefficient (Wildman–Crippen LogP) is 3.09. The van der Waals surface area contributed by atoms with Crippen molar-refractivity contribution in [3.63, 3.8) is 0 Å². The van der Waals surface area contributed by atoms with E-state index in [1.807, 2.05) is 0 Å². The Balaban J connectivity index is 1.77. The van der Waals surface area contributed by atoms with E-state index >= 15 is 0 Å². The number of hydrogen-bond acceptors (Lipinski definition) is 4. The summed E-state index contributed by atoms with van der Waals surface area (Å²) in [5.74, 6) is 0.499. The number of thiazole rings is 1. The lowest BCUT2D eigenvalue weighted by Crippen LogP contribution is -2.24. The van der Waals surface area contributed by atoms with E-state index in [0.717, 1.165) is 31.4 Å². The van der Waals surface area contributed by atoms with Crippen LogP contribution in [0.1, 0.15) is 56.2 Å². The van der Waals surface area contributed by atoms with Crippen molar-refractivity contribution in [2.45, 2.75) is 64.3 Å². The topological polar surface area (TPSA) is 42.4 Å². The normalized spacial score (nSPS) is 25.4. The summed E-state index contributed by atoms with van der Waals surface area (Å²) < 4.78 is 5.84. The Morgan fingerprint density at radius 2 is 2.12 bits per heavy atom. The van der Waals surface area contributed by atoms with Gasteiger partial charge in [0.15, 0.2) is 0 Å². The third-order valence-corrected chi connectivity index (χ3v) is 4.37. The number of rotatable bonds is 4. The van der Waals surface area contributed by atoms with E-state index in [0.29, 0.717) is 18.6 Å². The first-order valence-electron chi connectivity index (χ1n) is 6.39. The number of nitrogens with zero attached hydrogens (tertiary/aromatic N) is 1. The summed E-state index contributed by atoms with van der Waals surface area (Å²) in [6, 6.07) is 0. The Labute approximate surface area is 107 Å². The molecule has 1 heterocycles. The van der Waals surface area contributed by atoms with Crippen molar-refractivity contribution in [1.82, 2.24) is 4.98 Å². The Bertz CT molecular complexity index is 343. The molecule has 4 heteroatoms. The van der Waals surface area contributed by atoms with E-state index in [9.17, 15) is 5.11 Å². The number of aromatic nitrogens is 1. The van der Waals surface area contributed by atoms with Gasteiger partial charge in [0.05, 0.1) is 29.5 Å².